The predicted molar refractivity (Wildman–Crippen MR) is 93.2 cm³/mol. The van der Waals surface area contributed by atoms with E-state index in [1.165, 1.54) is 75.1 Å². The molecule has 0 fully saturated rings. The highest BCUT2D eigenvalue weighted by Crippen LogP contribution is 2.17. The first kappa shape index (κ1) is 17.5. The molecular weight excluding hydrogens is 422 g/mol. The van der Waals surface area contributed by atoms with Gasteiger partial charge in [0, 0.05) is 8.35 Å². The van der Waals surface area contributed by atoms with Crippen LogP contribution in [0, 0.1) is 0 Å². The molecular formula is C14H28I2. The van der Waals surface area contributed by atoms with E-state index < -0.39 is 0 Å². The van der Waals surface area contributed by atoms with Gasteiger partial charge in [0.05, 0.1) is 0 Å². The summed E-state index contributed by atoms with van der Waals surface area (Å²) in [4.78, 5) is 0. The molecule has 0 radical (unpaired) electrons. The van der Waals surface area contributed by atoms with Crippen LogP contribution in [-0.2, 0) is 0 Å². The molecule has 0 aliphatic heterocycles. The van der Waals surface area contributed by atoms with Gasteiger partial charge >= 0.3 is 0 Å². The second kappa shape index (κ2) is 14.5. The summed E-state index contributed by atoms with van der Waals surface area (Å²) in [7, 11) is 0. The first-order valence-electron chi connectivity index (χ1n) is 7.01. The van der Waals surface area contributed by atoms with Gasteiger partial charge in [-0.05, 0) is 12.8 Å². The summed E-state index contributed by atoms with van der Waals surface area (Å²) in [5.74, 6) is 0. The number of hydrogen-bond donors (Lipinski definition) is 0. The Bertz CT molecular complexity index is 126. The van der Waals surface area contributed by atoms with Crippen LogP contribution in [0.5, 0.6) is 0 Å². The quantitative estimate of drug-likeness (QED) is 0.180. The summed E-state index contributed by atoms with van der Waals surface area (Å²) in [6.45, 7) is 2.29. The van der Waals surface area contributed by atoms with Gasteiger partial charge in [-0.3, -0.25) is 0 Å². The van der Waals surface area contributed by atoms with Crippen molar-refractivity contribution in [1.29, 1.82) is 0 Å². The highest BCUT2D eigenvalue weighted by Gasteiger charge is 2.01. The summed E-state index contributed by atoms with van der Waals surface area (Å²) in [6, 6.07) is 0. The number of unbranched alkanes of at least 4 members (excludes halogenated alkanes) is 8. The molecule has 0 saturated carbocycles. The van der Waals surface area contributed by atoms with Crippen molar-refractivity contribution >= 4 is 45.2 Å². The molecule has 0 heterocycles. The molecule has 0 nitrogen and oxygen atoms in total. The Morgan fingerprint density at radius 1 is 0.750 bits per heavy atom. The van der Waals surface area contributed by atoms with Crippen molar-refractivity contribution in [1.82, 2.24) is 0 Å². The molecule has 0 aliphatic rings. The van der Waals surface area contributed by atoms with Gasteiger partial charge in [0.2, 0.25) is 0 Å². The zero-order chi connectivity index (χ0) is 12.1. The highest BCUT2D eigenvalue weighted by molar-refractivity contribution is 14.1. The zero-order valence-electron chi connectivity index (χ0n) is 10.8. The van der Waals surface area contributed by atoms with E-state index in [0.29, 0.717) is 0 Å². The van der Waals surface area contributed by atoms with E-state index >= 15 is 0 Å². The maximum Gasteiger partial charge on any atom is 0.0117 e. The summed E-state index contributed by atoms with van der Waals surface area (Å²) in [5.41, 5.74) is 0. The Balaban J connectivity index is 2.98. The third kappa shape index (κ3) is 13.5. The van der Waals surface area contributed by atoms with Gasteiger partial charge in [-0.1, -0.05) is 110 Å². The lowest BCUT2D eigenvalue weighted by atomic mass is 10.1. The Morgan fingerprint density at radius 2 is 1.25 bits per heavy atom. The lowest BCUT2D eigenvalue weighted by molar-refractivity contribution is 0.554. The summed E-state index contributed by atoms with van der Waals surface area (Å²) in [5, 5.41) is 0. The minimum Gasteiger partial charge on any atom is -0.0863 e. The third-order valence-corrected chi connectivity index (χ3v) is 4.91. The van der Waals surface area contributed by atoms with E-state index in [-0.39, 0.29) is 0 Å². The van der Waals surface area contributed by atoms with Crippen molar-refractivity contribution in [3.63, 3.8) is 0 Å². The Morgan fingerprint density at radius 3 is 1.75 bits per heavy atom. The van der Waals surface area contributed by atoms with Crippen LogP contribution in [-0.4, -0.2) is 8.35 Å². The number of hydrogen-bond acceptors (Lipinski definition) is 0. The van der Waals surface area contributed by atoms with Gasteiger partial charge < -0.3 is 0 Å². The molecule has 0 amide bonds. The molecule has 0 rings (SSSR count). The molecule has 1 atom stereocenters. The summed E-state index contributed by atoms with van der Waals surface area (Å²) >= 11 is 5.11. The van der Waals surface area contributed by atoms with Gasteiger partial charge in [0.1, 0.15) is 0 Å². The summed E-state index contributed by atoms with van der Waals surface area (Å²) in [6.07, 6.45) is 15.9. The average molecular weight is 450 g/mol. The van der Waals surface area contributed by atoms with Crippen molar-refractivity contribution in [3.05, 3.63) is 0 Å². The first-order chi connectivity index (χ1) is 7.81. The molecule has 0 aromatic rings. The minimum atomic E-state index is 0.930. The molecule has 16 heavy (non-hydrogen) atoms. The molecule has 2 heteroatoms. The van der Waals surface area contributed by atoms with Crippen molar-refractivity contribution in [2.45, 2.75) is 81.5 Å². The van der Waals surface area contributed by atoms with Crippen LogP contribution in [0.4, 0.5) is 0 Å². The van der Waals surface area contributed by atoms with Crippen molar-refractivity contribution < 1.29 is 0 Å². The summed E-state index contributed by atoms with van der Waals surface area (Å²) < 4.78 is 2.25. The molecule has 0 bridgehead atoms. The van der Waals surface area contributed by atoms with Crippen LogP contribution in [0.15, 0.2) is 0 Å². The van der Waals surface area contributed by atoms with Crippen LogP contribution in [0.1, 0.15) is 77.6 Å². The highest BCUT2D eigenvalue weighted by atomic mass is 127. The number of halogens is 2. The van der Waals surface area contributed by atoms with E-state index in [1.807, 2.05) is 0 Å². The van der Waals surface area contributed by atoms with Crippen LogP contribution in [0.3, 0.4) is 0 Å². The lowest BCUT2D eigenvalue weighted by Crippen LogP contribution is -1.97. The molecule has 0 aromatic carbocycles. The molecule has 1 unspecified atom stereocenters. The largest absolute Gasteiger partial charge is 0.0863 e. The normalized spacial score (nSPS) is 12.9. The molecule has 98 valence electrons. The van der Waals surface area contributed by atoms with E-state index in [9.17, 15) is 0 Å². The number of alkyl halides is 2. The predicted octanol–water partition coefficient (Wildman–Crippen LogP) is 6.54. The fourth-order valence-corrected chi connectivity index (χ4v) is 4.63. The van der Waals surface area contributed by atoms with Crippen LogP contribution >= 0.6 is 45.2 Å². The van der Waals surface area contributed by atoms with Crippen LogP contribution in [0.2, 0.25) is 0 Å². The van der Waals surface area contributed by atoms with Gasteiger partial charge in [0.25, 0.3) is 0 Å². The lowest BCUT2D eigenvalue weighted by Gasteiger charge is -2.07. The number of rotatable bonds is 12. The van der Waals surface area contributed by atoms with E-state index in [4.69, 9.17) is 0 Å². The van der Waals surface area contributed by atoms with Gasteiger partial charge in [-0.15, -0.1) is 0 Å². The van der Waals surface area contributed by atoms with Gasteiger partial charge in [-0.25, -0.2) is 0 Å². The molecule has 0 aliphatic carbocycles. The average Bonchev–Trinajstić information content (AvgIpc) is 2.27. The Labute approximate surface area is 130 Å². The maximum absolute atomic E-state index is 2.62. The standard InChI is InChI=1S/C14H28I2/c1-2-3-4-5-6-7-8-9-10-11-14(16)12-13-15/h14H,2-13H2,1H3. The van der Waals surface area contributed by atoms with Crippen molar-refractivity contribution in [2.75, 3.05) is 4.43 Å². The van der Waals surface area contributed by atoms with Gasteiger partial charge in [-0.2, -0.15) is 0 Å². The van der Waals surface area contributed by atoms with Crippen molar-refractivity contribution in [2.24, 2.45) is 0 Å². The molecule has 0 saturated heterocycles. The van der Waals surface area contributed by atoms with Crippen molar-refractivity contribution in [3.8, 4) is 0 Å². The second-order valence-corrected chi connectivity index (χ2v) is 7.53. The topological polar surface area (TPSA) is 0 Å². The first-order valence-corrected chi connectivity index (χ1v) is 9.78. The van der Waals surface area contributed by atoms with Crippen LogP contribution < -0.4 is 0 Å². The maximum atomic E-state index is 2.62. The minimum absolute atomic E-state index is 0.930. The SMILES string of the molecule is CCCCCCCCCCCC(I)CCI. The van der Waals surface area contributed by atoms with E-state index in [0.717, 1.165) is 3.92 Å². The van der Waals surface area contributed by atoms with Crippen LogP contribution in [0.25, 0.3) is 0 Å². The molecule has 0 spiro atoms. The second-order valence-electron chi connectivity index (χ2n) is 4.69. The molecule has 0 aromatic heterocycles. The van der Waals surface area contributed by atoms with Gasteiger partial charge in [0.15, 0.2) is 0 Å². The Hall–Kier alpha value is 1.46. The fraction of sp³-hybridized carbons (Fsp3) is 1.00. The monoisotopic (exact) mass is 450 g/mol. The fourth-order valence-electron chi connectivity index (χ4n) is 1.94. The Kier molecular flexibility index (Phi) is 15.8. The van der Waals surface area contributed by atoms with E-state index in [2.05, 4.69) is 52.1 Å². The smallest absolute Gasteiger partial charge is 0.0117 e. The van der Waals surface area contributed by atoms with E-state index in [1.54, 1.807) is 0 Å². The molecule has 0 N–H and O–H groups in total. The third-order valence-electron chi connectivity index (χ3n) is 3.04. The zero-order valence-corrected chi connectivity index (χ0v) is 15.1.